The fraction of sp³-hybridized carbons (Fsp3) is 0.375. The van der Waals surface area contributed by atoms with Gasteiger partial charge < -0.3 is 10.2 Å². The second kappa shape index (κ2) is 5.85. The number of nitrogens with two attached hydrogens (primary N) is 1. The van der Waals surface area contributed by atoms with Gasteiger partial charge in [-0.15, -0.1) is 11.8 Å². The van der Waals surface area contributed by atoms with Crippen molar-refractivity contribution in [2.45, 2.75) is 38.6 Å². The van der Waals surface area contributed by atoms with E-state index in [1.165, 1.54) is 27.1 Å². The number of rotatable bonds is 4. The van der Waals surface area contributed by atoms with Gasteiger partial charge in [-0.25, -0.2) is 0 Å². The maximum absolute atomic E-state index is 6.36. The summed E-state index contributed by atoms with van der Waals surface area (Å²) < 4.78 is 5.30. The smallest absolute Gasteiger partial charge is 0.114 e. The SMILES string of the molecule is Cc1cc(C)c(C(N)CSc2ccoc2C)c(C)c1. The lowest BCUT2D eigenvalue weighted by molar-refractivity contribution is 0.527. The number of hydrogen-bond donors (Lipinski definition) is 1. The van der Waals surface area contributed by atoms with Crippen LogP contribution in [0.4, 0.5) is 0 Å². The zero-order valence-electron chi connectivity index (χ0n) is 12.0. The molecule has 0 saturated heterocycles. The molecule has 1 aromatic carbocycles. The number of thioether (sulfide) groups is 1. The molecule has 0 amide bonds. The highest BCUT2D eigenvalue weighted by atomic mass is 32.2. The quantitative estimate of drug-likeness (QED) is 0.845. The first-order chi connectivity index (χ1) is 8.99. The molecule has 0 bridgehead atoms. The molecular weight excluding hydrogens is 254 g/mol. The van der Waals surface area contributed by atoms with E-state index in [9.17, 15) is 0 Å². The summed E-state index contributed by atoms with van der Waals surface area (Å²) in [7, 11) is 0. The van der Waals surface area contributed by atoms with Crippen molar-refractivity contribution in [1.29, 1.82) is 0 Å². The second-order valence-corrected chi connectivity index (χ2v) is 6.13. The van der Waals surface area contributed by atoms with Gasteiger partial charge in [0.05, 0.1) is 6.26 Å². The first kappa shape index (κ1) is 14.2. The Bertz CT molecular complexity index is 551. The fourth-order valence-electron chi connectivity index (χ4n) is 2.56. The summed E-state index contributed by atoms with van der Waals surface area (Å²) in [6, 6.07) is 6.47. The largest absolute Gasteiger partial charge is 0.468 e. The van der Waals surface area contributed by atoms with Crippen molar-refractivity contribution in [3.05, 3.63) is 52.5 Å². The summed E-state index contributed by atoms with van der Waals surface area (Å²) in [4.78, 5) is 1.18. The zero-order valence-corrected chi connectivity index (χ0v) is 12.8. The Balaban J connectivity index is 2.12. The van der Waals surface area contributed by atoms with Crippen LogP contribution in [0.2, 0.25) is 0 Å². The molecule has 1 atom stereocenters. The maximum atomic E-state index is 6.36. The molecule has 2 N–H and O–H groups in total. The molecule has 19 heavy (non-hydrogen) atoms. The molecule has 102 valence electrons. The average molecular weight is 275 g/mol. The van der Waals surface area contributed by atoms with Crippen LogP contribution >= 0.6 is 11.8 Å². The molecule has 2 aromatic rings. The van der Waals surface area contributed by atoms with Crippen LogP contribution in [0.1, 0.15) is 34.1 Å². The summed E-state index contributed by atoms with van der Waals surface area (Å²) >= 11 is 1.76. The molecule has 0 radical (unpaired) electrons. The third-order valence-electron chi connectivity index (χ3n) is 3.34. The van der Waals surface area contributed by atoms with Gasteiger partial charge in [0.15, 0.2) is 0 Å². The average Bonchev–Trinajstić information content (AvgIpc) is 2.70. The van der Waals surface area contributed by atoms with Crippen LogP contribution in [0.25, 0.3) is 0 Å². The van der Waals surface area contributed by atoms with Gasteiger partial charge in [-0.2, -0.15) is 0 Å². The van der Waals surface area contributed by atoms with Crippen molar-refractivity contribution in [2.75, 3.05) is 5.75 Å². The lowest BCUT2D eigenvalue weighted by Gasteiger charge is -2.18. The molecule has 2 nitrogen and oxygen atoms in total. The highest BCUT2D eigenvalue weighted by Crippen LogP contribution is 2.29. The minimum atomic E-state index is 0.0555. The summed E-state index contributed by atoms with van der Waals surface area (Å²) in [5.74, 6) is 1.83. The maximum Gasteiger partial charge on any atom is 0.114 e. The molecule has 0 fully saturated rings. The van der Waals surface area contributed by atoms with Crippen LogP contribution < -0.4 is 5.73 Å². The van der Waals surface area contributed by atoms with Crippen molar-refractivity contribution in [2.24, 2.45) is 5.73 Å². The Labute approximate surface area is 119 Å². The Morgan fingerprint density at radius 1 is 1.16 bits per heavy atom. The van der Waals surface area contributed by atoms with Crippen LogP contribution in [-0.4, -0.2) is 5.75 Å². The van der Waals surface area contributed by atoms with Crippen molar-refractivity contribution in [3.63, 3.8) is 0 Å². The van der Waals surface area contributed by atoms with Gasteiger partial charge in [0.2, 0.25) is 0 Å². The third kappa shape index (κ3) is 3.23. The minimum Gasteiger partial charge on any atom is -0.468 e. The Morgan fingerprint density at radius 3 is 2.32 bits per heavy atom. The van der Waals surface area contributed by atoms with Crippen molar-refractivity contribution in [1.82, 2.24) is 0 Å². The van der Waals surface area contributed by atoms with Gasteiger partial charge in [0.25, 0.3) is 0 Å². The molecule has 1 heterocycles. The van der Waals surface area contributed by atoms with Gasteiger partial charge in [0.1, 0.15) is 5.76 Å². The Kier molecular flexibility index (Phi) is 4.38. The molecule has 1 aromatic heterocycles. The van der Waals surface area contributed by atoms with Crippen LogP contribution in [0.5, 0.6) is 0 Å². The Morgan fingerprint density at radius 2 is 1.79 bits per heavy atom. The fourth-order valence-corrected chi connectivity index (χ4v) is 3.49. The summed E-state index contributed by atoms with van der Waals surface area (Å²) in [5.41, 5.74) is 11.5. The molecule has 1 unspecified atom stereocenters. The van der Waals surface area contributed by atoms with Crippen LogP contribution in [0.15, 0.2) is 33.8 Å². The van der Waals surface area contributed by atoms with Crippen LogP contribution in [0.3, 0.4) is 0 Å². The molecule has 3 heteroatoms. The van der Waals surface area contributed by atoms with Crippen molar-refractivity contribution >= 4 is 11.8 Å². The predicted octanol–water partition coefficient (Wildman–Crippen LogP) is 4.31. The van der Waals surface area contributed by atoms with E-state index in [-0.39, 0.29) is 6.04 Å². The summed E-state index contributed by atoms with van der Waals surface area (Å²) in [5, 5.41) is 0. The van der Waals surface area contributed by atoms with Gasteiger partial charge in [-0.3, -0.25) is 0 Å². The van der Waals surface area contributed by atoms with E-state index < -0.39 is 0 Å². The molecule has 0 spiro atoms. The van der Waals surface area contributed by atoms with Crippen molar-refractivity contribution in [3.8, 4) is 0 Å². The Hall–Kier alpha value is -1.19. The lowest BCUT2D eigenvalue weighted by atomic mass is 9.95. The second-order valence-electron chi connectivity index (χ2n) is 5.07. The molecule has 0 saturated carbocycles. The first-order valence-electron chi connectivity index (χ1n) is 6.49. The van der Waals surface area contributed by atoms with Gasteiger partial charge in [0, 0.05) is 16.7 Å². The monoisotopic (exact) mass is 275 g/mol. The van der Waals surface area contributed by atoms with E-state index in [1.54, 1.807) is 18.0 Å². The van der Waals surface area contributed by atoms with Gasteiger partial charge in [-0.05, 0) is 50.5 Å². The number of aryl methyl sites for hydroxylation is 4. The molecule has 2 rings (SSSR count). The highest BCUT2D eigenvalue weighted by Gasteiger charge is 2.14. The van der Waals surface area contributed by atoms with E-state index in [2.05, 4.69) is 32.9 Å². The number of benzene rings is 1. The van der Waals surface area contributed by atoms with E-state index in [0.29, 0.717) is 0 Å². The predicted molar refractivity (Wildman–Crippen MR) is 81.8 cm³/mol. The normalized spacial score (nSPS) is 12.7. The topological polar surface area (TPSA) is 39.2 Å². The summed E-state index contributed by atoms with van der Waals surface area (Å²) in [6.45, 7) is 8.39. The summed E-state index contributed by atoms with van der Waals surface area (Å²) in [6.07, 6.45) is 1.73. The van der Waals surface area contributed by atoms with Gasteiger partial charge in [-0.1, -0.05) is 17.7 Å². The first-order valence-corrected chi connectivity index (χ1v) is 7.48. The highest BCUT2D eigenvalue weighted by molar-refractivity contribution is 7.99. The molecular formula is C16H21NOS. The van der Waals surface area contributed by atoms with Crippen LogP contribution in [0, 0.1) is 27.7 Å². The molecule has 0 aliphatic rings. The zero-order chi connectivity index (χ0) is 14.0. The number of hydrogen-bond acceptors (Lipinski definition) is 3. The number of furan rings is 1. The van der Waals surface area contributed by atoms with E-state index in [1.807, 2.05) is 13.0 Å². The van der Waals surface area contributed by atoms with E-state index in [0.717, 1.165) is 11.5 Å². The third-order valence-corrected chi connectivity index (χ3v) is 4.60. The van der Waals surface area contributed by atoms with Crippen LogP contribution in [-0.2, 0) is 0 Å². The minimum absolute atomic E-state index is 0.0555. The van der Waals surface area contributed by atoms with E-state index >= 15 is 0 Å². The lowest BCUT2D eigenvalue weighted by Crippen LogP contribution is -2.16. The van der Waals surface area contributed by atoms with E-state index in [4.69, 9.17) is 10.2 Å². The molecule has 0 aliphatic heterocycles. The van der Waals surface area contributed by atoms with Crippen molar-refractivity contribution < 1.29 is 4.42 Å². The standard InChI is InChI=1S/C16H21NOS/c1-10-7-11(2)16(12(3)8-10)14(17)9-19-15-5-6-18-13(15)4/h5-8,14H,9,17H2,1-4H3. The molecule has 0 aliphatic carbocycles. The van der Waals surface area contributed by atoms with Gasteiger partial charge >= 0.3 is 0 Å².